The number of hydrogen-bond acceptors (Lipinski definition) is 6. The number of nitrogens with zero attached hydrogens (tertiary/aromatic N) is 3. The van der Waals surface area contributed by atoms with Crippen molar-refractivity contribution in [2.24, 2.45) is 0 Å². The van der Waals surface area contributed by atoms with Gasteiger partial charge in [0.2, 0.25) is 5.75 Å². The largest absolute Gasteiger partial charge is 0.482 e. The Labute approximate surface area is 146 Å². The average Bonchev–Trinajstić information content (AvgIpc) is 2.59. The molecule has 0 bridgehead atoms. The van der Waals surface area contributed by atoms with Gasteiger partial charge in [0.05, 0.1) is 17.1 Å². The van der Waals surface area contributed by atoms with E-state index in [1.54, 1.807) is 6.07 Å². The molecule has 132 valence electrons. The van der Waals surface area contributed by atoms with E-state index in [2.05, 4.69) is 9.88 Å². The van der Waals surface area contributed by atoms with Gasteiger partial charge in [0.1, 0.15) is 18.6 Å². The van der Waals surface area contributed by atoms with Gasteiger partial charge in [0, 0.05) is 19.2 Å². The van der Waals surface area contributed by atoms with Crippen molar-refractivity contribution in [1.29, 1.82) is 0 Å². The van der Waals surface area contributed by atoms with Crippen LogP contribution in [0.25, 0.3) is 0 Å². The summed E-state index contributed by atoms with van der Waals surface area (Å²) in [6.07, 6.45) is 1.42. The molecule has 2 heterocycles. The van der Waals surface area contributed by atoms with Crippen molar-refractivity contribution in [3.63, 3.8) is 0 Å². The quantitative estimate of drug-likeness (QED) is 0.613. The molecule has 0 unspecified atom stereocenters. The summed E-state index contributed by atoms with van der Waals surface area (Å²) in [5.74, 6) is 0.890. The highest BCUT2D eigenvalue weighted by molar-refractivity contribution is 5.54. The van der Waals surface area contributed by atoms with E-state index >= 15 is 0 Å². The van der Waals surface area contributed by atoms with Gasteiger partial charge >= 0.3 is 5.69 Å². The van der Waals surface area contributed by atoms with Crippen LogP contribution < -0.4 is 9.64 Å². The minimum atomic E-state index is -0.471. The summed E-state index contributed by atoms with van der Waals surface area (Å²) in [5.41, 5.74) is 0.817. The number of pyridine rings is 1. The summed E-state index contributed by atoms with van der Waals surface area (Å²) < 4.78 is 11.5. The minimum Gasteiger partial charge on any atom is -0.482 e. The Morgan fingerprint density at radius 2 is 1.96 bits per heavy atom. The highest BCUT2D eigenvalue weighted by Gasteiger charge is 2.25. The van der Waals surface area contributed by atoms with Crippen molar-refractivity contribution < 1.29 is 14.4 Å². The summed E-state index contributed by atoms with van der Waals surface area (Å²) in [6.45, 7) is 5.64. The van der Waals surface area contributed by atoms with Crippen LogP contribution in [-0.4, -0.2) is 35.2 Å². The van der Waals surface area contributed by atoms with E-state index in [1.165, 1.54) is 6.20 Å². The van der Waals surface area contributed by atoms with E-state index in [1.807, 2.05) is 44.2 Å². The van der Waals surface area contributed by atoms with Gasteiger partial charge in [0.15, 0.2) is 0 Å². The predicted molar refractivity (Wildman–Crippen MR) is 93.9 cm³/mol. The third-order valence-corrected chi connectivity index (χ3v) is 4.01. The number of ether oxygens (including phenoxy) is 2. The zero-order chi connectivity index (χ0) is 17.8. The monoisotopic (exact) mass is 343 g/mol. The zero-order valence-corrected chi connectivity index (χ0v) is 14.3. The summed E-state index contributed by atoms with van der Waals surface area (Å²) in [5, 5.41) is 11.3. The second-order valence-corrected chi connectivity index (χ2v) is 6.20. The molecule has 1 aliphatic heterocycles. The molecule has 1 aromatic carbocycles. The molecule has 0 radical (unpaired) electrons. The fourth-order valence-electron chi connectivity index (χ4n) is 2.95. The molecular formula is C18H21N3O4. The summed E-state index contributed by atoms with van der Waals surface area (Å²) >= 11 is 0. The molecule has 2 atom stereocenters. The molecule has 0 N–H and O–H groups in total. The maximum atomic E-state index is 11.3. The number of rotatable bonds is 5. The van der Waals surface area contributed by atoms with E-state index in [0.717, 1.165) is 5.56 Å². The Morgan fingerprint density at radius 1 is 1.28 bits per heavy atom. The van der Waals surface area contributed by atoms with Crippen molar-refractivity contribution >= 4 is 11.5 Å². The molecule has 7 heteroatoms. The van der Waals surface area contributed by atoms with Gasteiger partial charge in [-0.3, -0.25) is 10.1 Å². The molecule has 7 nitrogen and oxygen atoms in total. The van der Waals surface area contributed by atoms with Crippen molar-refractivity contribution in [2.75, 3.05) is 18.0 Å². The van der Waals surface area contributed by atoms with Crippen molar-refractivity contribution in [2.45, 2.75) is 32.7 Å². The Bertz CT molecular complexity index is 728. The summed E-state index contributed by atoms with van der Waals surface area (Å²) in [6, 6.07) is 11.2. The number of hydrogen-bond donors (Lipinski definition) is 0. The van der Waals surface area contributed by atoms with Crippen molar-refractivity contribution in [1.82, 2.24) is 4.98 Å². The van der Waals surface area contributed by atoms with Gasteiger partial charge in [-0.05, 0) is 19.4 Å². The van der Waals surface area contributed by atoms with Crippen LogP contribution in [0.4, 0.5) is 11.5 Å². The Hall–Kier alpha value is -2.67. The van der Waals surface area contributed by atoms with Crippen LogP contribution in [0.5, 0.6) is 5.75 Å². The number of benzene rings is 1. The normalized spacial score (nSPS) is 20.3. The van der Waals surface area contributed by atoms with E-state index in [0.29, 0.717) is 18.9 Å². The van der Waals surface area contributed by atoms with Crippen molar-refractivity contribution in [3.05, 3.63) is 58.3 Å². The molecule has 0 spiro atoms. The summed E-state index contributed by atoms with van der Waals surface area (Å²) in [4.78, 5) is 17.1. The van der Waals surface area contributed by atoms with Crippen LogP contribution in [0.15, 0.2) is 42.6 Å². The number of aromatic nitrogens is 1. The van der Waals surface area contributed by atoms with Crippen LogP contribution >= 0.6 is 0 Å². The van der Waals surface area contributed by atoms with Gasteiger partial charge in [0.25, 0.3) is 0 Å². The predicted octanol–water partition coefficient (Wildman–Crippen LogP) is 3.18. The highest BCUT2D eigenvalue weighted by atomic mass is 16.6. The molecule has 3 rings (SSSR count). The first-order valence-corrected chi connectivity index (χ1v) is 8.24. The lowest BCUT2D eigenvalue weighted by molar-refractivity contribution is -0.386. The van der Waals surface area contributed by atoms with Gasteiger partial charge in [-0.1, -0.05) is 30.3 Å². The molecule has 25 heavy (non-hydrogen) atoms. The standard InChI is InChI=1S/C18H21N3O4/c1-13-10-20(11-14(2)25-13)18-8-17(16(9-19-18)21(22)23)24-12-15-6-4-3-5-7-15/h3-9,13-14H,10-12H2,1-2H3/t13-,14+. The summed E-state index contributed by atoms with van der Waals surface area (Å²) in [7, 11) is 0. The fourth-order valence-corrected chi connectivity index (χ4v) is 2.95. The lowest BCUT2D eigenvalue weighted by Crippen LogP contribution is -2.45. The van der Waals surface area contributed by atoms with E-state index in [-0.39, 0.29) is 30.3 Å². The molecule has 1 saturated heterocycles. The molecule has 0 amide bonds. The first-order valence-electron chi connectivity index (χ1n) is 8.24. The van der Waals surface area contributed by atoms with Gasteiger partial charge in [-0.25, -0.2) is 4.98 Å². The molecule has 1 aliphatic rings. The smallest absolute Gasteiger partial charge is 0.329 e. The SMILES string of the molecule is C[C@@H]1CN(c2cc(OCc3ccccc3)c([N+](=O)[O-])cn2)C[C@H](C)O1. The second-order valence-electron chi connectivity index (χ2n) is 6.20. The number of anilines is 1. The topological polar surface area (TPSA) is 77.7 Å². The van der Waals surface area contributed by atoms with Crippen molar-refractivity contribution in [3.8, 4) is 5.75 Å². The lowest BCUT2D eigenvalue weighted by Gasteiger charge is -2.36. The third-order valence-electron chi connectivity index (χ3n) is 4.01. The molecule has 0 aliphatic carbocycles. The fraction of sp³-hybridized carbons (Fsp3) is 0.389. The molecular weight excluding hydrogens is 322 g/mol. The molecule has 2 aromatic rings. The van der Waals surface area contributed by atoms with Crippen LogP contribution in [0.1, 0.15) is 19.4 Å². The molecule has 0 saturated carbocycles. The van der Waals surface area contributed by atoms with Crippen LogP contribution in [-0.2, 0) is 11.3 Å². The zero-order valence-electron chi connectivity index (χ0n) is 14.3. The second kappa shape index (κ2) is 7.48. The number of morpholine rings is 1. The van der Waals surface area contributed by atoms with Gasteiger partial charge < -0.3 is 14.4 Å². The van der Waals surface area contributed by atoms with E-state index in [9.17, 15) is 10.1 Å². The van der Waals surface area contributed by atoms with Gasteiger partial charge in [-0.2, -0.15) is 0 Å². The first kappa shape index (κ1) is 17.2. The van der Waals surface area contributed by atoms with Crippen LogP contribution in [0.2, 0.25) is 0 Å². The van der Waals surface area contributed by atoms with Crippen LogP contribution in [0, 0.1) is 10.1 Å². The maximum absolute atomic E-state index is 11.3. The highest BCUT2D eigenvalue weighted by Crippen LogP contribution is 2.31. The number of nitro groups is 1. The Kier molecular flexibility index (Phi) is 5.14. The Morgan fingerprint density at radius 3 is 2.60 bits per heavy atom. The Balaban J connectivity index is 1.83. The minimum absolute atomic E-state index is 0.0782. The molecule has 1 aromatic heterocycles. The third kappa shape index (κ3) is 4.24. The first-order chi connectivity index (χ1) is 12.0. The molecule has 1 fully saturated rings. The lowest BCUT2D eigenvalue weighted by atomic mass is 10.2. The average molecular weight is 343 g/mol. The van der Waals surface area contributed by atoms with E-state index < -0.39 is 4.92 Å². The van der Waals surface area contributed by atoms with Gasteiger partial charge in [-0.15, -0.1) is 0 Å². The maximum Gasteiger partial charge on any atom is 0.329 e. The van der Waals surface area contributed by atoms with Crippen LogP contribution in [0.3, 0.4) is 0 Å². The van der Waals surface area contributed by atoms with E-state index in [4.69, 9.17) is 9.47 Å².